The highest BCUT2D eigenvalue weighted by molar-refractivity contribution is 5.45. The molecule has 0 saturated carbocycles. The summed E-state index contributed by atoms with van der Waals surface area (Å²) in [7, 11) is 3.68. The minimum Gasteiger partial charge on any atom is -0.495 e. The topological polar surface area (TPSA) is 45.5 Å². The van der Waals surface area contributed by atoms with Crippen LogP contribution in [0.15, 0.2) is 18.2 Å². The molecule has 1 atom stereocenters. The Morgan fingerprint density at radius 2 is 2.30 bits per heavy atom. The molecule has 1 aliphatic heterocycles. The van der Waals surface area contributed by atoms with Crippen molar-refractivity contribution in [2.24, 2.45) is 0 Å². The molecular weight excluding hydrogens is 252 g/mol. The standard InChI is InChI=1S/C16H22N2O2/c1-18(12-15-5-3-4-8-20-15)11-13-6-7-16(19-2)14(9-13)10-17/h6-7,9,15H,3-5,8,11-12H2,1-2H3. The average Bonchev–Trinajstić information content (AvgIpc) is 2.48. The molecule has 1 saturated heterocycles. The minimum atomic E-state index is 0.349. The Kier molecular flexibility index (Phi) is 5.40. The van der Waals surface area contributed by atoms with Crippen LogP contribution in [-0.2, 0) is 11.3 Å². The predicted octanol–water partition coefficient (Wildman–Crippen LogP) is 2.57. The van der Waals surface area contributed by atoms with Gasteiger partial charge in [-0.3, -0.25) is 4.90 Å². The van der Waals surface area contributed by atoms with E-state index in [2.05, 4.69) is 18.0 Å². The molecule has 0 amide bonds. The van der Waals surface area contributed by atoms with Crippen molar-refractivity contribution in [2.75, 3.05) is 27.3 Å². The molecule has 1 fully saturated rings. The van der Waals surface area contributed by atoms with Crippen LogP contribution in [0, 0.1) is 11.3 Å². The molecule has 0 spiro atoms. The van der Waals surface area contributed by atoms with E-state index in [-0.39, 0.29) is 0 Å². The molecule has 0 aromatic heterocycles. The van der Waals surface area contributed by atoms with Crippen LogP contribution in [0.5, 0.6) is 5.75 Å². The van der Waals surface area contributed by atoms with Gasteiger partial charge in [-0.05, 0) is 44.0 Å². The molecule has 2 rings (SSSR count). The summed E-state index contributed by atoms with van der Waals surface area (Å²) in [4.78, 5) is 2.25. The van der Waals surface area contributed by atoms with Crippen molar-refractivity contribution in [1.29, 1.82) is 5.26 Å². The number of likely N-dealkylation sites (N-methyl/N-ethyl adjacent to an activating group) is 1. The summed E-state index contributed by atoms with van der Waals surface area (Å²) in [5.41, 5.74) is 1.72. The number of nitrogens with zero attached hydrogens (tertiary/aromatic N) is 2. The van der Waals surface area contributed by atoms with Gasteiger partial charge in [0, 0.05) is 19.7 Å². The van der Waals surface area contributed by atoms with Crippen molar-refractivity contribution < 1.29 is 9.47 Å². The van der Waals surface area contributed by atoms with Crippen molar-refractivity contribution in [3.63, 3.8) is 0 Å². The minimum absolute atomic E-state index is 0.349. The van der Waals surface area contributed by atoms with Gasteiger partial charge in [-0.15, -0.1) is 0 Å². The van der Waals surface area contributed by atoms with Gasteiger partial charge in [-0.25, -0.2) is 0 Å². The Labute approximate surface area is 120 Å². The summed E-state index contributed by atoms with van der Waals surface area (Å²) in [5, 5.41) is 9.11. The molecular formula is C16H22N2O2. The summed E-state index contributed by atoms with van der Waals surface area (Å²) in [6.45, 7) is 2.64. The lowest BCUT2D eigenvalue weighted by Crippen LogP contribution is -2.33. The summed E-state index contributed by atoms with van der Waals surface area (Å²) >= 11 is 0. The third kappa shape index (κ3) is 3.96. The molecule has 0 radical (unpaired) electrons. The summed E-state index contributed by atoms with van der Waals surface area (Å²) in [6.07, 6.45) is 3.95. The zero-order valence-electron chi connectivity index (χ0n) is 12.3. The van der Waals surface area contributed by atoms with E-state index in [9.17, 15) is 0 Å². The average molecular weight is 274 g/mol. The van der Waals surface area contributed by atoms with E-state index >= 15 is 0 Å². The quantitative estimate of drug-likeness (QED) is 0.828. The highest BCUT2D eigenvalue weighted by Gasteiger charge is 2.16. The van der Waals surface area contributed by atoms with E-state index in [0.717, 1.165) is 31.7 Å². The fraction of sp³-hybridized carbons (Fsp3) is 0.562. The first-order valence-corrected chi connectivity index (χ1v) is 7.10. The number of hydrogen-bond donors (Lipinski definition) is 0. The van der Waals surface area contributed by atoms with Crippen LogP contribution in [0.4, 0.5) is 0 Å². The number of methoxy groups -OCH3 is 1. The normalized spacial score (nSPS) is 18.8. The van der Waals surface area contributed by atoms with E-state index in [1.165, 1.54) is 12.8 Å². The van der Waals surface area contributed by atoms with Crippen LogP contribution >= 0.6 is 0 Å². The van der Waals surface area contributed by atoms with Crippen LogP contribution in [-0.4, -0.2) is 38.3 Å². The molecule has 20 heavy (non-hydrogen) atoms. The van der Waals surface area contributed by atoms with E-state index in [0.29, 0.717) is 17.4 Å². The Morgan fingerprint density at radius 3 is 2.95 bits per heavy atom. The fourth-order valence-electron chi connectivity index (χ4n) is 2.62. The first kappa shape index (κ1) is 14.8. The smallest absolute Gasteiger partial charge is 0.136 e. The molecule has 0 aliphatic carbocycles. The maximum absolute atomic E-state index is 9.11. The number of nitriles is 1. The van der Waals surface area contributed by atoms with E-state index < -0.39 is 0 Å². The predicted molar refractivity (Wildman–Crippen MR) is 77.6 cm³/mol. The first-order valence-electron chi connectivity index (χ1n) is 7.10. The highest BCUT2D eigenvalue weighted by atomic mass is 16.5. The third-order valence-electron chi connectivity index (χ3n) is 3.63. The largest absolute Gasteiger partial charge is 0.495 e. The number of ether oxygens (including phenoxy) is 2. The summed E-state index contributed by atoms with van der Waals surface area (Å²) in [6, 6.07) is 7.94. The van der Waals surface area contributed by atoms with Crippen molar-refractivity contribution in [3.8, 4) is 11.8 Å². The van der Waals surface area contributed by atoms with E-state index in [1.807, 2.05) is 18.2 Å². The Hall–Kier alpha value is -1.57. The first-order chi connectivity index (χ1) is 9.72. The second-order valence-electron chi connectivity index (χ2n) is 5.33. The molecule has 1 aliphatic rings. The van der Waals surface area contributed by atoms with Crippen molar-refractivity contribution >= 4 is 0 Å². The lowest BCUT2D eigenvalue weighted by atomic mass is 10.1. The molecule has 0 bridgehead atoms. The van der Waals surface area contributed by atoms with Gasteiger partial charge in [0.15, 0.2) is 0 Å². The maximum atomic E-state index is 9.11. The van der Waals surface area contributed by atoms with Crippen LogP contribution in [0.25, 0.3) is 0 Å². The van der Waals surface area contributed by atoms with Crippen molar-refractivity contribution in [3.05, 3.63) is 29.3 Å². The third-order valence-corrected chi connectivity index (χ3v) is 3.63. The number of hydrogen-bond acceptors (Lipinski definition) is 4. The number of rotatable bonds is 5. The van der Waals surface area contributed by atoms with Gasteiger partial charge in [0.25, 0.3) is 0 Å². The maximum Gasteiger partial charge on any atom is 0.136 e. The van der Waals surface area contributed by atoms with Gasteiger partial charge < -0.3 is 9.47 Å². The summed E-state index contributed by atoms with van der Waals surface area (Å²) < 4.78 is 10.9. The molecule has 4 heteroatoms. The van der Waals surface area contributed by atoms with Gasteiger partial charge >= 0.3 is 0 Å². The fourth-order valence-corrected chi connectivity index (χ4v) is 2.62. The summed E-state index contributed by atoms with van der Waals surface area (Å²) in [5.74, 6) is 0.634. The Morgan fingerprint density at radius 1 is 1.45 bits per heavy atom. The molecule has 1 aromatic rings. The molecule has 1 aromatic carbocycles. The van der Waals surface area contributed by atoms with Crippen LogP contribution in [0.3, 0.4) is 0 Å². The Bertz CT molecular complexity index is 476. The molecule has 1 unspecified atom stereocenters. The van der Waals surface area contributed by atoms with Crippen LogP contribution in [0.1, 0.15) is 30.4 Å². The lowest BCUT2D eigenvalue weighted by molar-refractivity contribution is -0.00259. The monoisotopic (exact) mass is 274 g/mol. The van der Waals surface area contributed by atoms with Crippen LogP contribution in [0.2, 0.25) is 0 Å². The van der Waals surface area contributed by atoms with Crippen molar-refractivity contribution in [1.82, 2.24) is 4.90 Å². The molecule has 4 nitrogen and oxygen atoms in total. The Balaban J connectivity index is 1.93. The van der Waals surface area contributed by atoms with Gasteiger partial charge in [0.1, 0.15) is 11.8 Å². The lowest BCUT2D eigenvalue weighted by Gasteiger charge is -2.27. The van der Waals surface area contributed by atoms with Gasteiger partial charge in [0.05, 0.1) is 18.8 Å². The van der Waals surface area contributed by atoms with Gasteiger partial charge in [0.2, 0.25) is 0 Å². The zero-order chi connectivity index (χ0) is 14.4. The van der Waals surface area contributed by atoms with Crippen LogP contribution < -0.4 is 4.74 Å². The van der Waals surface area contributed by atoms with E-state index in [1.54, 1.807) is 7.11 Å². The van der Waals surface area contributed by atoms with E-state index in [4.69, 9.17) is 14.7 Å². The number of benzene rings is 1. The second-order valence-corrected chi connectivity index (χ2v) is 5.33. The van der Waals surface area contributed by atoms with Gasteiger partial charge in [-0.2, -0.15) is 5.26 Å². The second kappa shape index (κ2) is 7.28. The highest BCUT2D eigenvalue weighted by Crippen LogP contribution is 2.20. The zero-order valence-corrected chi connectivity index (χ0v) is 12.3. The van der Waals surface area contributed by atoms with Crippen molar-refractivity contribution in [2.45, 2.75) is 31.9 Å². The van der Waals surface area contributed by atoms with Gasteiger partial charge in [-0.1, -0.05) is 6.07 Å². The SMILES string of the molecule is COc1ccc(CN(C)CC2CCCCO2)cc1C#N. The molecule has 108 valence electrons. The molecule has 0 N–H and O–H groups in total. The molecule has 1 heterocycles.